The summed E-state index contributed by atoms with van der Waals surface area (Å²) in [6, 6.07) is 5.10. The van der Waals surface area contributed by atoms with Crippen LogP contribution in [0.15, 0.2) is 12.1 Å². The fourth-order valence-electron chi connectivity index (χ4n) is 0.991. The number of pyridine rings is 1. The van der Waals surface area contributed by atoms with Gasteiger partial charge in [0.05, 0.1) is 11.6 Å². The van der Waals surface area contributed by atoms with Crippen molar-refractivity contribution in [3.8, 4) is 11.9 Å². The Labute approximate surface area is 107 Å². The Balaban J connectivity index is 2.77. The lowest BCUT2D eigenvalue weighted by atomic mass is 10.1. The lowest BCUT2D eigenvalue weighted by Crippen LogP contribution is -2.43. The van der Waals surface area contributed by atoms with Crippen LogP contribution in [0, 0.1) is 11.3 Å². The molecule has 0 N–H and O–H groups in total. The Morgan fingerprint density at radius 3 is 2.65 bits per heavy atom. The summed E-state index contributed by atoms with van der Waals surface area (Å²) >= 11 is 5.79. The summed E-state index contributed by atoms with van der Waals surface area (Å²) in [5, 5.41) is 9.07. The lowest BCUT2D eigenvalue weighted by Gasteiger charge is -2.31. The van der Waals surface area contributed by atoms with Crippen LogP contribution in [0.25, 0.3) is 0 Å². The van der Waals surface area contributed by atoms with Crippen LogP contribution in [0.1, 0.15) is 19.4 Å². The average Bonchev–Trinajstić information content (AvgIpc) is 2.25. The van der Waals surface area contributed by atoms with Crippen molar-refractivity contribution in [2.45, 2.75) is 19.4 Å². The molecule has 4 nitrogen and oxygen atoms in total. The highest BCUT2D eigenvalue weighted by molar-refractivity contribution is 6.29. The molecule has 0 unspecified atom stereocenters. The zero-order valence-corrected chi connectivity index (χ0v) is 11.2. The molecule has 0 spiro atoms. The molecule has 1 aromatic heterocycles. The third-order valence-corrected chi connectivity index (χ3v) is 2.88. The molecule has 0 fully saturated rings. The van der Waals surface area contributed by atoms with Gasteiger partial charge in [-0.15, -0.1) is 0 Å². The summed E-state index contributed by atoms with van der Waals surface area (Å²) in [5.74, 6) is 0.379. The van der Waals surface area contributed by atoms with Gasteiger partial charge in [-0.25, -0.2) is 4.98 Å². The Kier molecular flexibility index (Phi) is 4.33. The van der Waals surface area contributed by atoms with Crippen LogP contribution in [-0.2, 0) is 0 Å². The van der Waals surface area contributed by atoms with Crippen LogP contribution >= 0.6 is 11.6 Å². The Morgan fingerprint density at radius 2 is 2.12 bits per heavy atom. The maximum Gasteiger partial charge on any atom is 0.216 e. The van der Waals surface area contributed by atoms with Crippen molar-refractivity contribution in [1.82, 2.24) is 9.88 Å². The van der Waals surface area contributed by atoms with Gasteiger partial charge in [0.1, 0.15) is 11.8 Å². The number of aromatic nitrogens is 1. The molecular weight excluding hydrogens is 238 g/mol. The predicted molar refractivity (Wildman–Crippen MR) is 67.2 cm³/mol. The second-order valence-electron chi connectivity index (χ2n) is 4.62. The third-order valence-electron chi connectivity index (χ3n) is 2.68. The van der Waals surface area contributed by atoms with Gasteiger partial charge in [-0.1, -0.05) is 11.6 Å². The van der Waals surface area contributed by atoms with Gasteiger partial charge in [0.15, 0.2) is 0 Å². The van der Waals surface area contributed by atoms with Crippen LogP contribution in [0.3, 0.4) is 0 Å². The van der Waals surface area contributed by atoms with Gasteiger partial charge in [-0.2, -0.15) is 5.26 Å². The minimum Gasteiger partial charge on any atom is -0.476 e. The summed E-state index contributed by atoms with van der Waals surface area (Å²) in [6.45, 7) is 4.59. The summed E-state index contributed by atoms with van der Waals surface area (Å²) in [7, 11) is 3.96. The second kappa shape index (κ2) is 5.35. The van der Waals surface area contributed by atoms with Gasteiger partial charge >= 0.3 is 0 Å². The highest BCUT2D eigenvalue weighted by Crippen LogP contribution is 2.18. The van der Waals surface area contributed by atoms with Crippen LogP contribution in [0.2, 0.25) is 5.15 Å². The lowest BCUT2D eigenvalue weighted by molar-refractivity contribution is 0.111. The molecule has 92 valence electrons. The third kappa shape index (κ3) is 3.88. The molecular formula is C12H16ClN3O. The first-order valence-corrected chi connectivity index (χ1v) is 5.61. The molecule has 5 heteroatoms. The fraction of sp³-hybridized carbons (Fsp3) is 0.500. The van der Waals surface area contributed by atoms with Gasteiger partial charge < -0.3 is 9.64 Å². The molecule has 0 saturated heterocycles. The van der Waals surface area contributed by atoms with E-state index in [0.717, 1.165) is 0 Å². The molecule has 0 aliphatic rings. The van der Waals surface area contributed by atoms with Gasteiger partial charge in [0, 0.05) is 11.6 Å². The van der Waals surface area contributed by atoms with Crippen LogP contribution in [0.5, 0.6) is 5.88 Å². The number of nitriles is 1. The van der Waals surface area contributed by atoms with Crippen molar-refractivity contribution in [1.29, 1.82) is 5.26 Å². The van der Waals surface area contributed by atoms with Crippen molar-refractivity contribution >= 4 is 11.6 Å². The van der Waals surface area contributed by atoms with E-state index in [-0.39, 0.29) is 10.7 Å². The summed E-state index contributed by atoms with van der Waals surface area (Å²) in [4.78, 5) is 6.08. The number of hydrogen-bond acceptors (Lipinski definition) is 4. The van der Waals surface area contributed by atoms with Crippen LogP contribution in [0.4, 0.5) is 0 Å². The van der Waals surface area contributed by atoms with E-state index in [1.807, 2.05) is 20.2 Å². The van der Waals surface area contributed by atoms with Crippen molar-refractivity contribution in [2.24, 2.45) is 0 Å². The van der Waals surface area contributed by atoms with Crippen molar-refractivity contribution in [3.63, 3.8) is 0 Å². The average molecular weight is 254 g/mol. The van der Waals surface area contributed by atoms with E-state index in [1.165, 1.54) is 6.07 Å². The molecule has 1 rings (SSSR count). The largest absolute Gasteiger partial charge is 0.476 e. The summed E-state index contributed by atoms with van der Waals surface area (Å²) in [6.07, 6.45) is 0. The first-order valence-electron chi connectivity index (χ1n) is 5.23. The molecule has 0 aliphatic heterocycles. The van der Waals surface area contributed by atoms with E-state index in [0.29, 0.717) is 18.1 Å². The van der Waals surface area contributed by atoms with Gasteiger partial charge in [0.25, 0.3) is 0 Å². The molecule has 17 heavy (non-hydrogen) atoms. The van der Waals surface area contributed by atoms with Crippen molar-refractivity contribution in [3.05, 3.63) is 22.8 Å². The number of ether oxygens (including phenoxy) is 1. The van der Waals surface area contributed by atoms with Gasteiger partial charge in [-0.3, -0.25) is 0 Å². The second-order valence-corrected chi connectivity index (χ2v) is 5.01. The van der Waals surface area contributed by atoms with Crippen LogP contribution < -0.4 is 4.74 Å². The van der Waals surface area contributed by atoms with Crippen LogP contribution in [-0.4, -0.2) is 36.1 Å². The maximum atomic E-state index is 8.80. The molecule has 1 aromatic rings. The summed E-state index contributed by atoms with van der Waals surface area (Å²) < 4.78 is 5.57. The van der Waals surface area contributed by atoms with Crippen molar-refractivity contribution in [2.75, 3.05) is 20.7 Å². The van der Waals surface area contributed by atoms with Gasteiger partial charge in [-0.05, 0) is 34.0 Å². The molecule has 1 heterocycles. The SMILES string of the molecule is CN(C)C(C)(C)COc1cc(C#N)cc(Cl)n1. The predicted octanol–water partition coefficient (Wildman–Crippen LogP) is 2.33. The van der Waals surface area contributed by atoms with E-state index in [2.05, 4.69) is 23.7 Å². The highest BCUT2D eigenvalue weighted by atomic mass is 35.5. The Bertz CT molecular complexity index is 438. The minimum atomic E-state index is -0.114. The zero-order chi connectivity index (χ0) is 13.1. The number of rotatable bonds is 4. The summed E-state index contributed by atoms with van der Waals surface area (Å²) in [5.41, 5.74) is 0.333. The fourth-order valence-corrected chi connectivity index (χ4v) is 1.19. The standard InChI is InChI=1S/C12H16ClN3O/c1-12(2,16(3)4)8-17-11-6-9(7-14)5-10(13)15-11/h5-6H,8H2,1-4H3. The van der Waals surface area contributed by atoms with E-state index in [4.69, 9.17) is 21.6 Å². The number of halogens is 1. The van der Waals surface area contributed by atoms with E-state index >= 15 is 0 Å². The number of hydrogen-bond donors (Lipinski definition) is 0. The molecule has 0 aliphatic carbocycles. The molecule has 0 aromatic carbocycles. The molecule has 0 atom stereocenters. The topological polar surface area (TPSA) is 49.1 Å². The number of nitrogens with zero attached hydrogens (tertiary/aromatic N) is 3. The molecule has 0 amide bonds. The first-order chi connectivity index (χ1) is 7.85. The Hall–Kier alpha value is -1.31. The van der Waals surface area contributed by atoms with Crippen molar-refractivity contribution < 1.29 is 4.74 Å². The van der Waals surface area contributed by atoms with E-state index in [9.17, 15) is 0 Å². The Morgan fingerprint density at radius 1 is 1.47 bits per heavy atom. The van der Waals surface area contributed by atoms with E-state index < -0.39 is 0 Å². The van der Waals surface area contributed by atoms with E-state index in [1.54, 1.807) is 6.07 Å². The monoisotopic (exact) mass is 253 g/mol. The smallest absolute Gasteiger partial charge is 0.216 e. The first kappa shape index (κ1) is 13.8. The van der Waals surface area contributed by atoms with Gasteiger partial charge in [0.2, 0.25) is 5.88 Å². The molecule has 0 saturated carbocycles. The normalized spacial score (nSPS) is 11.4. The quantitative estimate of drug-likeness (QED) is 0.773. The maximum absolute atomic E-state index is 8.80. The molecule has 0 radical (unpaired) electrons. The molecule has 0 bridgehead atoms. The minimum absolute atomic E-state index is 0.114. The highest BCUT2D eigenvalue weighted by Gasteiger charge is 2.21. The number of likely N-dealkylation sites (N-methyl/N-ethyl adjacent to an activating group) is 1. The zero-order valence-electron chi connectivity index (χ0n) is 10.5.